The van der Waals surface area contributed by atoms with Gasteiger partial charge in [-0.15, -0.1) is 0 Å². The quantitative estimate of drug-likeness (QED) is 0.746. The number of benzene rings is 1. The van der Waals surface area contributed by atoms with Crippen molar-refractivity contribution < 1.29 is 17.6 Å². The number of hydrogen-bond acceptors (Lipinski definition) is 6. The first-order valence-corrected chi connectivity index (χ1v) is 11.6. The minimum absolute atomic E-state index is 0.0887. The second-order valence-electron chi connectivity index (χ2n) is 8.11. The molecule has 0 N–H and O–H groups in total. The highest BCUT2D eigenvalue weighted by atomic mass is 32.2. The molecule has 0 aliphatic carbocycles. The molecule has 0 radical (unpaired) electrons. The second kappa shape index (κ2) is 6.21. The molecule has 0 saturated carbocycles. The zero-order valence-electron chi connectivity index (χ0n) is 16.2. The Balaban J connectivity index is 1.52. The summed E-state index contributed by atoms with van der Waals surface area (Å²) < 4.78 is 30.9. The van der Waals surface area contributed by atoms with Crippen molar-refractivity contribution in [3.8, 4) is 6.07 Å². The largest absolute Gasteiger partial charge is 0.459 e. The van der Waals surface area contributed by atoms with E-state index in [0.29, 0.717) is 19.4 Å². The van der Waals surface area contributed by atoms with Gasteiger partial charge in [0.1, 0.15) is 16.9 Å². The number of hydrogen-bond donors (Lipinski definition) is 0. The molecule has 3 aliphatic rings. The predicted octanol–water partition coefficient (Wildman–Crippen LogP) is 2.09. The molecule has 9 heteroatoms. The number of piperidine rings is 1. The van der Waals surface area contributed by atoms with Crippen LogP contribution in [-0.2, 0) is 16.4 Å². The highest BCUT2D eigenvalue weighted by molar-refractivity contribution is 7.88. The van der Waals surface area contributed by atoms with Gasteiger partial charge >= 0.3 is 6.03 Å². The summed E-state index contributed by atoms with van der Waals surface area (Å²) in [5, 5.41) is 11.2. The van der Waals surface area contributed by atoms with Crippen LogP contribution >= 0.6 is 0 Å². The highest BCUT2D eigenvalue weighted by Crippen LogP contribution is 2.46. The zero-order valence-corrected chi connectivity index (χ0v) is 17.0. The molecule has 2 aromatic rings. The fraction of sp³-hybridized carbons (Fsp3) is 0.500. The topological polar surface area (TPSA) is 97.9 Å². The lowest BCUT2D eigenvalue weighted by atomic mass is 9.79. The van der Waals surface area contributed by atoms with Gasteiger partial charge in [0.2, 0.25) is 10.0 Å². The Morgan fingerprint density at radius 3 is 2.72 bits per heavy atom. The zero-order chi connectivity index (χ0) is 20.4. The van der Waals surface area contributed by atoms with Crippen molar-refractivity contribution in [1.29, 1.82) is 5.26 Å². The van der Waals surface area contributed by atoms with Gasteiger partial charge in [-0.3, -0.25) is 4.90 Å². The molecular formula is C20H22N4O4S. The van der Waals surface area contributed by atoms with Crippen LogP contribution in [0.2, 0.25) is 0 Å². The number of carbonyl (C=O) groups excluding carboxylic acids is 1. The maximum absolute atomic E-state index is 12.8. The van der Waals surface area contributed by atoms with Crippen LogP contribution in [-0.4, -0.2) is 66.5 Å². The lowest BCUT2D eigenvalue weighted by molar-refractivity contribution is 0.0371. The number of sulfonamides is 1. The van der Waals surface area contributed by atoms with Crippen LogP contribution in [0, 0.1) is 11.3 Å². The highest BCUT2D eigenvalue weighted by Gasteiger charge is 2.52. The normalized spacial score (nSPS) is 27.7. The van der Waals surface area contributed by atoms with Gasteiger partial charge in [-0.05, 0) is 18.9 Å². The van der Waals surface area contributed by atoms with Crippen molar-refractivity contribution >= 4 is 27.0 Å². The van der Waals surface area contributed by atoms with Crippen molar-refractivity contribution in [3.05, 3.63) is 35.6 Å². The first-order valence-electron chi connectivity index (χ1n) is 9.79. The fourth-order valence-corrected chi connectivity index (χ4v) is 5.89. The molecule has 29 heavy (non-hydrogen) atoms. The van der Waals surface area contributed by atoms with E-state index >= 15 is 0 Å². The molecule has 5 rings (SSSR count). The van der Waals surface area contributed by atoms with Gasteiger partial charge in [-0.2, -0.15) is 5.26 Å². The number of rotatable bonds is 2. The Kier molecular flexibility index (Phi) is 3.95. The van der Waals surface area contributed by atoms with Crippen molar-refractivity contribution in [1.82, 2.24) is 14.1 Å². The summed E-state index contributed by atoms with van der Waals surface area (Å²) in [5.41, 5.74) is 0.986. The summed E-state index contributed by atoms with van der Waals surface area (Å²) in [6.07, 6.45) is 2.84. The van der Waals surface area contributed by atoms with Crippen molar-refractivity contribution in [3.63, 3.8) is 0 Å². The number of furan rings is 1. The van der Waals surface area contributed by atoms with Crippen LogP contribution in [0.4, 0.5) is 4.79 Å². The molecule has 1 aromatic heterocycles. The van der Waals surface area contributed by atoms with Crippen molar-refractivity contribution in [2.45, 2.75) is 30.8 Å². The SMILES string of the molecule is CS(=O)(=O)N1CCN([C@]2(C#N)CCN3CCc4c(oc5ccccc45)[C@@H]3C2)C1=O. The summed E-state index contributed by atoms with van der Waals surface area (Å²) in [6, 6.07) is 9.63. The van der Waals surface area contributed by atoms with Crippen molar-refractivity contribution in [2.24, 2.45) is 0 Å². The van der Waals surface area contributed by atoms with Gasteiger partial charge in [-0.1, -0.05) is 18.2 Å². The molecule has 2 atom stereocenters. The van der Waals surface area contributed by atoms with Crippen LogP contribution in [0.5, 0.6) is 0 Å². The number of urea groups is 1. The smallest absolute Gasteiger partial charge is 0.335 e. The van der Waals surface area contributed by atoms with E-state index in [2.05, 4.69) is 17.0 Å². The third kappa shape index (κ3) is 2.66. The van der Waals surface area contributed by atoms with Crippen LogP contribution in [0.1, 0.15) is 30.2 Å². The summed E-state index contributed by atoms with van der Waals surface area (Å²) in [7, 11) is -3.64. The van der Waals surface area contributed by atoms with E-state index in [-0.39, 0.29) is 19.1 Å². The van der Waals surface area contributed by atoms with Crippen molar-refractivity contribution in [2.75, 3.05) is 32.4 Å². The van der Waals surface area contributed by atoms with Gasteiger partial charge in [0.05, 0.1) is 24.9 Å². The number of para-hydroxylation sites is 1. The van der Waals surface area contributed by atoms with Crippen LogP contribution in [0.25, 0.3) is 11.0 Å². The Bertz CT molecular complexity index is 1150. The lowest BCUT2D eigenvalue weighted by Crippen LogP contribution is -2.57. The third-order valence-corrected chi connectivity index (χ3v) is 7.70. The van der Waals surface area contributed by atoms with E-state index in [0.717, 1.165) is 40.3 Å². The number of nitrogens with zero attached hydrogens (tertiary/aromatic N) is 4. The maximum atomic E-state index is 12.8. The van der Waals surface area contributed by atoms with Gasteiger partial charge in [0, 0.05) is 37.0 Å². The number of fused-ring (bicyclic) bond motifs is 5. The van der Waals surface area contributed by atoms with E-state index in [1.807, 2.05) is 18.2 Å². The molecule has 0 bridgehead atoms. The van der Waals surface area contributed by atoms with Crippen LogP contribution in [0.3, 0.4) is 0 Å². The monoisotopic (exact) mass is 414 g/mol. The minimum atomic E-state index is -3.64. The minimum Gasteiger partial charge on any atom is -0.459 e. The van der Waals surface area contributed by atoms with E-state index in [9.17, 15) is 18.5 Å². The Morgan fingerprint density at radius 1 is 1.21 bits per heavy atom. The molecule has 152 valence electrons. The average Bonchev–Trinajstić information content (AvgIpc) is 3.28. The molecule has 0 unspecified atom stereocenters. The number of amides is 2. The average molecular weight is 414 g/mol. The summed E-state index contributed by atoms with van der Waals surface area (Å²) in [6.45, 7) is 1.87. The summed E-state index contributed by atoms with van der Waals surface area (Å²) in [5.74, 6) is 0.878. The molecule has 4 heterocycles. The molecule has 8 nitrogen and oxygen atoms in total. The van der Waals surface area contributed by atoms with Gasteiger partial charge in [0.25, 0.3) is 0 Å². The number of carbonyl (C=O) groups is 1. The van der Waals surface area contributed by atoms with Gasteiger partial charge in [-0.25, -0.2) is 17.5 Å². The van der Waals surface area contributed by atoms with Gasteiger partial charge < -0.3 is 9.32 Å². The fourth-order valence-electron chi connectivity index (χ4n) is 5.09. The van der Waals surface area contributed by atoms with E-state index in [1.165, 1.54) is 10.5 Å². The molecule has 2 fully saturated rings. The third-order valence-electron chi connectivity index (χ3n) is 6.56. The molecule has 2 saturated heterocycles. The molecule has 2 amide bonds. The first kappa shape index (κ1) is 18.5. The Labute approximate surface area is 169 Å². The van der Waals surface area contributed by atoms with Gasteiger partial charge in [0.15, 0.2) is 0 Å². The van der Waals surface area contributed by atoms with E-state index in [4.69, 9.17) is 4.42 Å². The second-order valence-corrected chi connectivity index (χ2v) is 10.0. The Morgan fingerprint density at radius 2 is 2.00 bits per heavy atom. The molecular weight excluding hydrogens is 392 g/mol. The first-order chi connectivity index (χ1) is 13.8. The summed E-state index contributed by atoms with van der Waals surface area (Å²) >= 11 is 0. The molecule has 1 aromatic carbocycles. The maximum Gasteiger partial charge on any atom is 0.335 e. The van der Waals surface area contributed by atoms with E-state index < -0.39 is 21.6 Å². The predicted molar refractivity (Wildman–Crippen MR) is 105 cm³/mol. The number of nitriles is 1. The standard InChI is InChI=1S/C20H22N4O4S/c1-29(26,27)24-11-10-23(19(24)25)20(13-21)7-9-22-8-6-15-14-4-2-3-5-17(14)28-18(15)16(22)12-20/h2-5,16H,6-12H2,1H3/t16-,20+/m0/s1. The Hall–Kier alpha value is -2.57. The van der Waals surface area contributed by atoms with Crippen LogP contribution in [0.15, 0.2) is 28.7 Å². The molecule has 3 aliphatic heterocycles. The summed E-state index contributed by atoms with van der Waals surface area (Å²) in [4.78, 5) is 16.6. The lowest BCUT2D eigenvalue weighted by Gasteiger charge is -2.47. The van der Waals surface area contributed by atoms with E-state index in [1.54, 1.807) is 0 Å². The molecule has 0 spiro atoms. The van der Waals surface area contributed by atoms with Crippen LogP contribution < -0.4 is 0 Å².